The van der Waals surface area contributed by atoms with Crippen LogP contribution in [0.1, 0.15) is 30.7 Å². The third-order valence-corrected chi connectivity index (χ3v) is 5.36. The molecule has 0 fully saturated rings. The summed E-state index contributed by atoms with van der Waals surface area (Å²) in [6.45, 7) is 0. The number of nitriles is 1. The molecule has 0 aromatic heterocycles. The van der Waals surface area contributed by atoms with Crippen molar-refractivity contribution < 1.29 is 9.72 Å². The van der Waals surface area contributed by atoms with Crippen molar-refractivity contribution in [1.29, 1.82) is 5.26 Å². The molecule has 1 atom stereocenters. The monoisotopic (exact) mass is 386 g/mol. The Morgan fingerprint density at radius 1 is 1.10 bits per heavy atom. The van der Waals surface area contributed by atoms with Gasteiger partial charge in [-0.3, -0.25) is 19.8 Å². The third-order valence-electron chi connectivity index (χ3n) is 5.36. The van der Waals surface area contributed by atoms with E-state index in [-0.39, 0.29) is 22.9 Å². The number of ketones is 1. The first-order valence-corrected chi connectivity index (χ1v) is 9.28. The Bertz CT molecular complexity index is 1100. The average Bonchev–Trinajstić information content (AvgIpc) is 2.74. The van der Waals surface area contributed by atoms with Crippen LogP contribution >= 0.6 is 0 Å². The number of carbonyl (C=O) groups is 1. The molecule has 4 rings (SSSR count). The highest BCUT2D eigenvalue weighted by atomic mass is 16.6. The van der Waals surface area contributed by atoms with Crippen LogP contribution in [0.3, 0.4) is 0 Å². The summed E-state index contributed by atoms with van der Waals surface area (Å²) in [7, 11) is 0. The molecule has 0 amide bonds. The van der Waals surface area contributed by atoms with E-state index < -0.39 is 10.8 Å². The minimum atomic E-state index is -0.622. The van der Waals surface area contributed by atoms with Gasteiger partial charge in [0.15, 0.2) is 5.78 Å². The predicted octanol–water partition coefficient (Wildman–Crippen LogP) is 3.90. The van der Waals surface area contributed by atoms with Gasteiger partial charge in [-0.05, 0) is 30.5 Å². The van der Waals surface area contributed by atoms with Crippen LogP contribution in [0.4, 0.5) is 11.4 Å². The molecular formula is C22H18N4O3. The van der Waals surface area contributed by atoms with Crippen LogP contribution in [-0.4, -0.2) is 10.7 Å². The predicted molar refractivity (Wildman–Crippen MR) is 107 cm³/mol. The third kappa shape index (κ3) is 3.05. The average molecular weight is 386 g/mol. The molecule has 29 heavy (non-hydrogen) atoms. The number of anilines is 1. The molecular weight excluding hydrogens is 368 g/mol. The highest BCUT2D eigenvalue weighted by molar-refractivity contribution is 6.01. The van der Waals surface area contributed by atoms with Crippen LogP contribution in [0.2, 0.25) is 0 Å². The summed E-state index contributed by atoms with van der Waals surface area (Å²) in [6, 6.07) is 17.6. The maximum absolute atomic E-state index is 13.0. The summed E-state index contributed by atoms with van der Waals surface area (Å²) in [5, 5.41) is 20.9. The number of nitro groups is 1. The Kier molecular flexibility index (Phi) is 4.61. The van der Waals surface area contributed by atoms with Crippen molar-refractivity contribution in [3.8, 4) is 6.07 Å². The number of hydrogen-bond acceptors (Lipinski definition) is 6. The molecule has 0 unspecified atom stereocenters. The summed E-state index contributed by atoms with van der Waals surface area (Å²) in [5.41, 5.74) is 9.47. The van der Waals surface area contributed by atoms with Crippen LogP contribution in [0.15, 0.2) is 77.3 Å². The Hall–Kier alpha value is -3.92. The van der Waals surface area contributed by atoms with Crippen molar-refractivity contribution in [1.82, 2.24) is 0 Å². The highest BCUT2D eigenvalue weighted by Gasteiger charge is 2.40. The van der Waals surface area contributed by atoms with Crippen LogP contribution < -0.4 is 10.6 Å². The number of carbonyl (C=O) groups excluding carboxylic acids is 1. The van der Waals surface area contributed by atoms with Crippen LogP contribution in [0, 0.1) is 21.4 Å². The Morgan fingerprint density at radius 2 is 1.79 bits per heavy atom. The van der Waals surface area contributed by atoms with Gasteiger partial charge in [0.1, 0.15) is 5.82 Å². The van der Waals surface area contributed by atoms with Gasteiger partial charge in [-0.15, -0.1) is 0 Å². The van der Waals surface area contributed by atoms with E-state index in [1.807, 2.05) is 30.3 Å². The first-order valence-electron chi connectivity index (χ1n) is 9.28. The van der Waals surface area contributed by atoms with Gasteiger partial charge in [-0.1, -0.05) is 30.3 Å². The van der Waals surface area contributed by atoms with Gasteiger partial charge in [0.2, 0.25) is 0 Å². The Labute approximate surface area is 167 Å². The first kappa shape index (κ1) is 18.4. The fourth-order valence-corrected chi connectivity index (χ4v) is 4.08. The number of nitrogens with two attached hydrogens (primary N) is 1. The Morgan fingerprint density at radius 3 is 2.41 bits per heavy atom. The second kappa shape index (κ2) is 7.24. The number of para-hydroxylation sites is 1. The molecule has 0 saturated carbocycles. The standard InChI is InChI=1S/C22H18N4O3/c23-13-17-20(14-9-11-16(12-10-14)26(28)29)21-18(7-4-8-19(21)27)25(22(17)24)15-5-2-1-3-6-15/h1-3,5-6,9-12,20H,4,7-8,24H2/t20-/m1/s1. The normalized spacial score (nSPS) is 19.1. The summed E-state index contributed by atoms with van der Waals surface area (Å²) in [6.07, 6.45) is 1.78. The van der Waals surface area contributed by atoms with Crippen LogP contribution in [-0.2, 0) is 4.79 Å². The fraction of sp³-hybridized carbons (Fsp3) is 0.182. The number of benzene rings is 2. The van der Waals surface area contributed by atoms with E-state index in [1.165, 1.54) is 12.1 Å². The quantitative estimate of drug-likeness (QED) is 0.632. The molecule has 0 bridgehead atoms. The van der Waals surface area contributed by atoms with E-state index in [4.69, 9.17) is 5.73 Å². The maximum Gasteiger partial charge on any atom is 0.269 e. The molecule has 0 radical (unpaired) electrons. The van der Waals surface area contributed by atoms with E-state index in [1.54, 1.807) is 17.0 Å². The van der Waals surface area contributed by atoms with Gasteiger partial charge in [0.05, 0.1) is 22.5 Å². The lowest BCUT2D eigenvalue weighted by Gasteiger charge is -2.39. The molecule has 1 aliphatic carbocycles. The van der Waals surface area contributed by atoms with Crippen molar-refractivity contribution in [3.63, 3.8) is 0 Å². The summed E-state index contributed by atoms with van der Waals surface area (Å²) in [5.74, 6) is -0.352. The Balaban J connectivity index is 1.92. The van der Waals surface area contributed by atoms with Crippen molar-refractivity contribution >= 4 is 17.2 Å². The molecule has 0 saturated heterocycles. The molecule has 2 N–H and O–H groups in total. The summed E-state index contributed by atoms with van der Waals surface area (Å²) in [4.78, 5) is 25.3. The van der Waals surface area contributed by atoms with Crippen molar-refractivity contribution in [2.24, 2.45) is 5.73 Å². The van der Waals surface area contributed by atoms with Crippen LogP contribution in [0.5, 0.6) is 0 Å². The number of nitro benzene ring substituents is 1. The minimum absolute atomic E-state index is 0.0178. The van der Waals surface area contributed by atoms with Gasteiger partial charge in [-0.25, -0.2) is 0 Å². The van der Waals surface area contributed by atoms with Gasteiger partial charge in [0.25, 0.3) is 5.69 Å². The van der Waals surface area contributed by atoms with Gasteiger partial charge < -0.3 is 5.73 Å². The lowest BCUT2D eigenvalue weighted by Crippen LogP contribution is -2.38. The number of nitrogens with zero attached hydrogens (tertiary/aromatic N) is 3. The number of allylic oxidation sites excluding steroid dienone is 3. The summed E-state index contributed by atoms with van der Waals surface area (Å²) >= 11 is 0. The highest BCUT2D eigenvalue weighted by Crippen LogP contribution is 2.46. The molecule has 1 aliphatic heterocycles. The SMILES string of the molecule is N#CC1=C(N)N(c2ccccc2)C2=C(C(=O)CCC2)[C@@H]1c1ccc([N+](=O)[O-])cc1. The van der Waals surface area contributed by atoms with Gasteiger partial charge in [0, 0.05) is 35.5 Å². The van der Waals surface area contributed by atoms with E-state index in [0.29, 0.717) is 30.4 Å². The number of non-ortho nitro benzene ring substituents is 1. The first-order chi connectivity index (χ1) is 14.0. The van der Waals surface area contributed by atoms with E-state index >= 15 is 0 Å². The number of hydrogen-bond donors (Lipinski definition) is 1. The topological polar surface area (TPSA) is 113 Å². The van der Waals surface area contributed by atoms with Crippen molar-refractivity contribution in [2.45, 2.75) is 25.2 Å². The molecule has 2 aromatic carbocycles. The smallest absolute Gasteiger partial charge is 0.269 e. The van der Waals surface area contributed by atoms with E-state index in [9.17, 15) is 20.2 Å². The number of Topliss-reactive ketones (excluding diaryl/α,β-unsaturated/α-hetero) is 1. The zero-order valence-corrected chi connectivity index (χ0v) is 15.5. The maximum atomic E-state index is 13.0. The minimum Gasteiger partial charge on any atom is -0.384 e. The molecule has 1 heterocycles. The molecule has 2 aliphatic rings. The molecule has 0 spiro atoms. The zero-order chi connectivity index (χ0) is 20.5. The van der Waals surface area contributed by atoms with Crippen LogP contribution in [0.25, 0.3) is 0 Å². The largest absolute Gasteiger partial charge is 0.384 e. The molecule has 2 aromatic rings. The fourth-order valence-electron chi connectivity index (χ4n) is 4.08. The second-order valence-electron chi connectivity index (χ2n) is 7.00. The second-order valence-corrected chi connectivity index (χ2v) is 7.00. The summed E-state index contributed by atoms with van der Waals surface area (Å²) < 4.78 is 0. The lowest BCUT2D eigenvalue weighted by molar-refractivity contribution is -0.384. The van der Waals surface area contributed by atoms with Gasteiger partial charge in [-0.2, -0.15) is 5.26 Å². The van der Waals surface area contributed by atoms with Crippen molar-refractivity contribution in [2.75, 3.05) is 4.90 Å². The van der Waals surface area contributed by atoms with Crippen molar-refractivity contribution in [3.05, 3.63) is 92.9 Å². The lowest BCUT2D eigenvalue weighted by atomic mass is 9.75. The van der Waals surface area contributed by atoms with E-state index in [0.717, 1.165) is 11.4 Å². The molecule has 7 nitrogen and oxygen atoms in total. The molecule has 7 heteroatoms. The number of rotatable bonds is 3. The van der Waals surface area contributed by atoms with E-state index in [2.05, 4.69) is 6.07 Å². The zero-order valence-electron chi connectivity index (χ0n) is 15.5. The molecule has 144 valence electrons. The van der Waals surface area contributed by atoms with Gasteiger partial charge >= 0.3 is 0 Å².